The highest BCUT2D eigenvalue weighted by Crippen LogP contribution is 2.45. The van der Waals surface area contributed by atoms with Gasteiger partial charge in [-0.05, 0) is 86.1 Å². The number of nitrogens with zero attached hydrogens (tertiary/aromatic N) is 1. The van der Waals surface area contributed by atoms with Crippen molar-refractivity contribution >= 4 is 51.0 Å². The van der Waals surface area contributed by atoms with Gasteiger partial charge >= 0.3 is 5.97 Å². The fourth-order valence-electron chi connectivity index (χ4n) is 5.55. The number of anilines is 2. The van der Waals surface area contributed by atoms with Crippen LogP contribution in [0.5, 0.6) is 0 Å². The summed E-state index contributed by atoms with van der Waals surface area (Å²) in [7, 11) is 0. The molecule has 3 atom stereocenters. The minimum Gasteiger partial charge on any atom is -0.452 e. The first kappa shape index (κ1) is 26.8. The smallest absolute Gasteiger partial charge is 0.338 e. The molecular weight excluding hydrogens is 560 g/mol. The van der Waals surface area contributed by atoms with E-state index >= 15 is 0 Å². The van der Waals surface area contributed by atoms with Gasteiger partial charge < -0.3 is 10.1 Å². The summed E-state index contributed by atoms with van der Waals surface area (Å²) in [6.45, 7) is 3.32. The summed E-state index contributed by atoms with van der Waals surface area (Å²) in [5.74, 6) is -2.11. The second-order valence-corrected chi connectivity index (χ2v) is 11.1. The van der Waals surface area contributed by atoms with E-state index in [2.05, 4.69) is 33.4 Å². The zero-order valence-corrected chi connectivity index (χ0v) is 23.4. The van der Waals surface area contributed by atoms with Gasteiger partial charge in [-0.1, -0.05) is 52.3 Å². The molecule has 8 heteroatoms. The number of halogens is 1. The van der Waals surface area contributed by atoms with Crippen LogP contribution in [0.25, 0.3) is 0 Å². The molecule has 2 fully saturated rings. The molecule has 0 spiro atoms. The number of carbonyl (C=O) groups excluding carboxylic acids is 4. The van der Waals surface area contributed by atoms with Crippen LogP contribution in [0.2, 0.25) is 0 Å². The SMILES string of the molecule is Cc1cc(NC(=O)COC(=O)c2cccc(N3C(=O)[C@@H]4CC[C@@H](c5ccccc5)C[C@H]4C3=O)c2)c(C)cc1Br. The normalized spacial score (nSPS) is 20.5. The summed E-state index contributed by atoms with van der Waals surface area (Å²) < 4.78 is 6.18. The average Bonchev–Trinajstić information content (AvgIpc) is 3.19. The van der Waals surface area contributed by atoms with E-state index in [0.717, 1.165) is 22.0 Å². The van der Waals surface area contributed by atoms with Crippen molar-refractivity contribution in [3.05, 3.63) is 93.5 Å². The van der Waals surface area contributed by atoms with Crippen LogP contribution >= 0.6 is 15.9 Å². The third-order valence-electron chi connectivity index (χ3n) is 7.65. The summed E-state index contributed by atoms with van der Waals surface area (Å²) in [6, 6.07) is 20.1. The molecule has 2 aliphatic rings. The van der Waals surface area contributed by atoms with Gasteiger partial charge in [0, 0.05) is 10.2 Å². The Morgan fingerprint density at radius 2 is 1.67 bits per heavy atom. The van der Waals surface area contributed by atoms with E-state index in [4.69, 9.17) is 4.74 Å². The molecule has 1 heterocycles. The molecule has 1 aliphatic heterocycles. The lowest BCUT2D eigenvalue weighted by atomic mass is 9.73. The van der Waals surface area contributed by atoms with Gasteiger partial charge in [0.2, 0.25) is 11.8 Å². The number of rotatable bonds is 6. The predicted molar refractivity (Wildman–Crippen MR) is 151 cm³/mol. The molecule has 1 saturated carbocycles. The number of esters is 1. The van der Waals surface area contributed by atoms with Gasteiger partial charge in [-0.2, -0.15) is 0 Å². The maximum atomic E-state index is 13.4. The van der Waals surface area contributed by atoms with Crippen LogP contribution in [-0.4, -0.2) is 30.3 Å². The van der Waals surface area contributed by atoms with E-state index in [1.807, 2.05) is 44.2 Å². The lowest BCUT2D eigenvalue weighted by Crippen LogP contribution is -2.31. The molecule has 1 N–H and O–H groups in total. The van der Waals surface area contributed by atoms with E-state index < -0.39 is 18.5 Å². The number of carbonyl (C=O) groups is 4. The Morgan fingerprint density at radius 3 is 2.44 bits per heavy atom. The van der Waals surface area contributed by atoms with Crippen LogP contribution in [0.1, 0.15) is 52.2 Å². The monoisotopic (exact) mass is 588 g/mol. The number of ether oxygens (including phenoxy) is 1. The minimum atomic E-state index is -0.712. The third kappa shape index (κ3) is 5.52. The van der Waals surface area contributed by atoms with E-state index in [1.165, 1.54) is 22.6 Å². The fraction of sp³-hybridized carbons (Fsp3) is 0.290. The van der Waals surface area contributed by atoms with Crippen LogP contribution < -0.4 is 10.2 Å². The lowest BCUT2D eigenvalue weighted by Gasteiger charge is -2.28. The number of imide groups is 1. The fourth-order valence-corrected chi connectivity index (χ4v) is 6.01. The molecule has 1 aliphatic carbocycles. The Balaban J connectivity index is 1.24. The number of hydrogen-bond donors (Lipinski definition) is 1. The van der Waals surface area contributed by atoms with Gasteiger partial charge in [-0.25, -0.2) is 4.79 Å². The highest BCUT2D eigenvalue weighted by Gasteiger charge is 2.50. The molecule has 3 amide bonds. The highest BCUT2D eigenvalue weighted by atomic mass is 79.9. The predicted octanol–water partition coefficient (Wildman–Crippen LogP) is 5.93. The average molecular weight is 589 g/mol. The van der Waals surface area contributed by atoms with Crippen molar-refractivity contribution in [3.63, 3.8) is 0 Å². The standard InChI is InChI=1S/C31H29BrN2O5/c1-18-14-27(19(2)13-26(18)32)33-28(35)17-39-31(38)22-9-6-10-23(15-22)34-29(36)24-12-11-21(16-25(24)30(34)37)20-7-4-3-5-8-20/h3-10,13-15,21,24-25H,11-12,16-17H2,1-2H3,(H,33,35)/t21-,24-,25-/m1/s1. The van der Waals surface area contributed by atoms with Crippen LogP contribution in [0.4, 0.5) is 11.4 Å². The second kappa shape index (κ2) is 11.1. The maximum Gasteiger partial charge on any atom is 0.338 e. The Hall–Kier alpha value is -3.78. The van der Waals surface area contributed by atoms with Gasteiger partial charge in [-0.3, -0.25) is 19.3 Å². The number of aryl methyl sites for hydroxylation is 2. The molecule has 1 saturated heterocycles. The maximum absolute atomic E-state index is 13.4. The third-order valence-corrected chi connectivity index (χ3v) is 8.50. The number of hydrogen-bond acceptors (Lipinski definition) is 5. The first-order chi connectivity index (χ1) is 18.7. The Labute approximate surface area is 235 Å². The van der Waals surface area contributed by atoms with Crippen LogP contribution in [0, 0.1) is 25.7 Å². The summed E-state index contributed by atoms with van der Waals surface area (Å²) in [6.07, 6.45) is 2.13. The van der Waals surface area contributed by atoms with Crippen molar-refractivity contribution in [3.8, 4) is 0 Å². The summed E-state index contributed by atoms with van der Waals surface area (Å²) in [5.41, 5.74) is 4.17. The molecule has 5 rings (SSSR count). The van der Waals surface area contributed by atoms with Crippen molar-refractivity contribution < 1.29 is 23.9 Å². The number of fused-ring (bicyclic) bond motifs is 1. The van der Waals surface area contributed by atoms with E-state index in [-0.39, 0.29) is 35.1 Å². The molecule has 0 bridgehead atoms. The summed E-state index contributed by atoms with van der Waals surface area (Å²) >= 11 is 3.46. The second-order valence-electron chi connectivity index (χ2n) is 10.2. The number of benzene rings is 3. The molecule has 200 valence electrons. The van der Waals surface area contributed by atoms with Gasteiger partial charge in [0.15, 0.2) is 6.61 Å². The van der Waals surface area contributed by atoms with Gasteiger partial charge in [-0.15, -0.1) is 0 Å². The quantitative estimate of drug-likeness (QED) is 0.284. The molecular formula is C31H29BrN2O5. The van der Waals surface area contributed by atoms with Crippen molar-refractivity contribution in [2.24, 2.45) is 11.8 Å². The van der Waals surface area contributed by atoms with Crippen molar-refractivity contribution in [1.29, 1.82) is 0 Å². The van der Waals surface area contributed by atoms with E-state index in [0.29, 0.717) is 24.2 Å². The first-order valence-electron chi connectivity index (χ1n) is 13.0. The molecule has 7 nitrogen and oxygen atoms in total. The molecule has 3 aromatic carbocycles. The molecule has 0 radical (unpaired) electrons. The van der Waals surface area contributed by atoms with Gasteiger partial charge in [0.1, 0.15) is 0 Å². The van der Waals surface area contributed by atoms with E-state index in [9.17, 15) is 19.2 Å². The lowest BCUT2D eigenvalue weighted by molar-refractivity contribution is -0.122. The largest absolute Gasteiger partial charge is 0.452 e. The molecule has 0 unspecified atom stereocenters. The zero-order valence-electron chi connectivity index (χ0n) is 21.8. The highest BCUT2D eigenvalue weighted by molar-refractivity contribution is 9.10. The zero-order chi connectivity index (χ0) is 27.7. The summed E-state index contributed by atoms with van der Waals surface area (Å²) in [5, 5.41) is 2.76. The Kier molecular flexibility index (Phi) is 7.66. The topological polar surface area (TPSA) is 92.8 Å². The van der Waals surface area contributed by atoms with Crippen LogP contribution in [0.15, 0.2) is 71.2 Å². The Bertz CT molecular complexity index is 1450. The Morgan fingerprint density at radius 1 is 0.923 bits per heavy atom. The molecule has 39 heavy (non-hydrogen) atoms. The number of nitrogens with one attached hydrogen (secondary N) is 1. The minimum absolute atomic E-state index is 0.161. The number of amides is 3. The van der Waals surface area contributed by atoms with Gasteiger partial charge in [0.25, 0.3) is 5.91 Å². The van der Waals surface area contributed by atoms with Gasteiger partial charge in [0.05, 0.1) is 23.1 Å². The van der Waals surface area contributed by atoms with Crippen molar-refractivity contribution in [2.45, 2.75) is 39.0 Å². The van der Waals surface area contributed by atoms with Crippen LogP contribution in [-0.2, 0) is 19.1 Å². The van der Waals surface area contributed by atoms with Crippen LogP contribution in [0.3, 0.4) is 0 Å². The molecule has 3 aromatic rings. The summed E-state index contributed by atoms with van der Waals surface area (Å²) in [4.78, 5) is 53.1. The first-order valence-corrected chi connectivity index (χ1v) is 13.8. The van der Waals surface area contributed by atoms with E-state index in [1.54, 1.807) is 12.1 Å². The molecule has 0 aromatic heterocycles. The van der Waals surface area contributed by atoms with Crippen molar-refractivity contribution in [2.75, 3.05) is 16.8 Å². The van der Waals surface area contributed by atoms with Crippen molar-refractivity contribution in [1.82, 2.24) is 0 Å².